The van der Waals surface area contributed by atoms with Gasteiger partial charge in [-0.3, -0.25) is 9.69 Å². The molecule has 21 heavy (non-hydrogen) atoms. The SMILES string of the molecule is CNC1CCCN(C(C(=O)NC2CC2)c2ccccc2)C1. The van der Waals surface area contributed by atoms with E-state index in [0.717, 1.165) is 37.9 Å². The monoisotopic (exact) mass is 287 g/mol. The first-order chi connectivity index (χ1) is 10.3. The Morgan fingerprint density at radius 1 is 1.19 bits per heavy atom. The highest BCUT2D eigenvalue weighted by Crippen LogP contribution is 2.27. The van der Waals surface area contributed by atoms with Crippen LogP contribution in [0.3, 0.4) is 0 Å². The first-order valence-electron chi connectivity index (χ1n) is 8.04. The third kappa shape index (κ3) is 3.63. The summed E-state index contributed by atoms with van der Waals surface area (Å²) in [5.41, 5.74) is 1.10. The van der Waals surface area contributed by atoms with Crippen molar-refractivity contribution in [1.82, 2.24) is 15.5 Å². The molecule has 3 rings (SSSR count). The van der Waals surface area contributed by atoms with E-state index in [1.54, 1.807) is 0 Å². The molecule has 0 spiro atoms. The molecule has 0 bridgehead atoms. The summed E-state index contributed by atoms with van der Waals surface area (Å²) < 4.78 is 0. The van der Waals surface area contributed by atoms with Gasteiger partial charge in [-0.1, -0.05) is 30.3 Å². The molecule has 2 unspecified atom stereocenters. The second-order valence-corrected chi connectivity index (χ2v) is 6.22. The number of carbonyl (C=O) groups is 1. The molecule has 2 aliphatic rings. The van der Waals surface area contributed by atoms with Crippen molar-refractivity contribution in [3.05, 3.63) is 35.9 Å². The van der Waals surface area contributed by atoms with Gasteiger partial charge in [0.05, 0.1) is 0 Å². The zero-order chi connectivity index (χ0) is 14.7. The molecule has 1 saturated carbocycles. The number of nitrogens with zero attached hydrogens (tertiary/aromatic N) is 1. The lowest BCUT2D eigenvalue weighted by Crippen LogP contribution is -2.49. The van der Waals surface area contributed by atoms with Crippen LogP contribution in [0.25, 0.3) is 0 Å². The first-order valence-corrected chi connectivity index (χ1v) is 8.04. The quantitative estimate of drug-likeness (QED) is 0.866. The minimum absolute atomic E-state index is 0.150. The number of nitrogens with one attached hydrogen (secondary N) is 2. The zero-order valence-corrected chi connectivity index (χ0v) is 12.7. The molecule has 0 aromatic heterocycles. The lowest BCUT2D eigenvalue weighted by molar-refractivity contribution is -0.127. The van der Waals surface area contributed by atoms with Crippen LogP contribution >= 0.6 is 0 Å². The molecule has 114 valence electrons. The average Bonchev–Trinajstić information content (AvgIpc) is 3.33. The van der Waals surface area contributed by atoms with Crippen molar-refractivity contribution >= 4 is 5.91 Å². The largest absolute Gasteiger partial charge is 0.352 e. The van der Waals surface area contributed by atoms with Crippen LogP contribution in [-0.2, 0) is 4.79 Å². The second-order valence-electron chi connectivity index (χ2n) is 6.22. The fourth-order valence-electron chi connectivity index (χ4n) is 3.15. The van der Waals surface area contributed by atoms with E-state index in [4.69, 9.17) is 0 Å². The lowest BCUT2D eigenvalue weighted by Gasteiger charge is -2.37. The van der Waals surface area contributed by atoms with E-state index in [1.807, 2.05) is 25.2 Å². The molecule has 0 radical (unpaired) electrons. The summed E-state index contributed by atoms with van der Waals surface area (Å²) >= 11 is 0. The van der Waals surface area contributed by atoms with Gasteiger partial charge in [-0.2, -0.15) is 0 Å². The summed E-state index contributed by atoms with van der Waals surface area (Å²) in [5.74, 6) is 0.167. The maximum Gasteiger partial charge on any atom is 0.242 e. The van der Waals surface area contributed by atoms with Crippen LogP contribution in [0.2, 0.25) is 0 Å². The Morgan fingerprint density at radius 2 is 1.95 bits per heavy atom. The summed E-state index contributed by atoms with van der Waals surface area (Å²) in [7, 11) is 2.01. The molecular weight excluding hydrogens is 262 g/mol. The number of benzene rings is 1. The lowest BCUT2D eigenvalue weighted by atomic mass is 9.98. The van der Waals surface area contributed by atoms with Gasteiger partial charge in [0, 0.05) is 18.6 Å². The van der Waals surface area contributed by atoms with E-state index >= 15 is 0 Å². The van der Waals surface area contributed by atoms with Crippen molar-refractivity contribution in [2.75, 3.05) is 20.1 Å². The molecule has 1 heterocycles. The normalized spacial score (nSPS) is 24.5. The molecule has 2 N–H and O–H groups in total. The van der Waals surface area contributed by atoms with Crippen LogP contribution in [0.15, 0.2) is 30.3 Å². The third-order valence-electron chi connectivity index (χ3n) is 4.51. The van der Waals surface area contributed by atoms with E-state index in [2.05, 4.69) is 27.7 Å². The fraction of sp³-hybridized carbons (Fsp3) is 0.588. The van der Waals surface area contributed by atoms with Gasteiger partial charge < -0.3 is 10.6 Å². The van der Waals surface area contributed by atoms with Crippen LogP contribution in [0.1, 0.15) is 37.3 Å². The molecule has 2 fully saturated rings. The molecule has 1 amide bonds. The number of likely N-dealkylation sites (tertiary alicyclic amines) is 1. The van der Waals surface area contributed by atoms with Crippen molar-refractivity contribution < 1.29 is 4.79 Å². The average molecular weight is 287 g/mol. The minimum Gasteiger partial charge on any atom is -0.352 e. The summed E-state index contributed by atoms with van der Waals surface area (Å²) in [5, 5.41) is 6.54. The number of carbonyl (C=O) groups excluding carboxylic acids is 1. The first kappa shape index (κ1) is 14.5. The Hall–Kier alpha value is -1.39. The van der Waals surface area contributed by atoms with Crippen molar-refractivity contribution in [1.29, 1.82) is 0 Å². The van der Waals surface area contributed by atoms with E-state index in [-0.39, 0.29) is 11.9 Å². The highest BCUT2D eigenvalue weighted by Gasteiger charge is 2.34. The van der Waals surface area contributed by atoms with Crippen LogP contribution in [0.5, 0.6) is 0 Å². The fourth-order valence-corrected chi connectivity index (χ4v) is 3.15. The topological polar surface area (TPSA) is 44.4 Å². The molecule has 1 saturated heterocycles. The number of amides is 1. The van der Waals surface area contributed by atoms with Gasteiger partial charge in [0.2, 0.25) is 5.91 Å². The van der Waals surface area contributed by atoms with Crippen molar-refractivity contribution in [2.45, 2.75) is 43.8 Å². The molecule has 1 aromatic carbocycles. The number of piperidine rings is 1. The number of hydrogen-bond acceptors (Lipinski definition) is 3. The van der Waals surface area contributed by atoms with Gasteiger partial charge in [-0.05, 0) is 44.8 Å². The number of hydrogen-bond donors (Lipinski definition) is 2. The van der Waals surface area contributed by atoms with E-state index < -0.39 is 0 Å². The highest BCUT2D eigenvalue weighted by molar-refractivity contribution is 5.83. The van der Waals surface area contributed by atoms with Crippen molar-refractivity contribution in [3.8, 4) is 0 Å². The van der Waals surface area contributed by atoms with Gasteiger partial charge in [0.1, 0.15) is 6.04 Å². The molecule has 4 heteroatoms. The predicted octanol–water partition coefficient (Wildman–Crippen LogP) is 1.69. The summed E-state index contributed by atoms with van der Waals surface area (Å²) in [4.78, 5) is 15.0. The van der Waals surface area contributed by atoms with Crippen molar-refractivity contribution in [3.63, 3.8) is 0 Å². The Bertz CT molecular complexity index is 472. The van der Waals surface area contributed by atoms with Crippen LogP contribution in [0, 0.1) is 0 Å². The van der Waals surface area contributed by atoms with Crippen LogP contribution < -0.4 is 10.6 Å². The Balaban J connectivity index is 1.79. The maximum atomic E-state index is 12.7. The van der Waals surface area contributed by atoms with Gasteiger partial charge in [0.25, 0.3) is 0 Å². The second kappa shape index (κ2) is 6.58. The Kier molecular flexibility index (Phi) is 4.56. The summed E-state index contributed by atoms with van der Waals surface area (Å²) in [6, 6.07) is 10.9. The van der Waals surface area contributed by atoms with Gasteiger partial charge in [-0.15, -0.1) is 0 Å². The summed E-state index contributed by atoms with van der Waals surface area (Å²) in [6.07, 6.45) is 4.60. The van der Waals surface area contributed by atoms with E-state index in [9.17, 15) is 4.79 Å². The molecule has 1 aromatic rings. The molecule has 2 atom stereocenters. The molecule has 1 aliphatic heterocycles. The molecular formula is C17H25N3O. The highest BCUT2D eigenvalue weighted by atomic mass is 16.2. The predicted molar refractivity (Wildman–Crippen MR) is 84.0 cm³/mol. The number of rotatable bonds is 5. The minimum atomic E-state index is -0.150. The van der Waals surface area contributed by atoms with E-state index in [1.165, 1.54) is 6.42 Å². The van der Waals surface area contributed by atoms with Crippen LogP contribution in [-0.4, -0.2) is 43.0 Å². The third-order valence-corrected chi connectivity index (χ3v) is 4.51. The zero-order valence-electron chi connectivity index (χ0n) is 12.7. The number of likely N-dealkylation sites (N-methyl/N-ethyl adjacent to an activating group) is 1. The van der Waals surface area contributed by atoms with Crippen LogP contribution in [0.4, 0.5) is 0 Å². The van der Waals surface area contributed by atoms with Gasteiger partial charge >= 0.3 is 0 Å². The van der Waals surface area contributed by atoms with Gasteiger partial charge in [0.15, 0.2) is 0 Å². The Labute approximate surface area is 126 Å². The molecule has 1 aliphatic carbocycles. The van der Waals surface area contributed by atoms with Crippen molar-refractivity contribution in [2.24, 2.45) is 0 Å². The Morgan fingerprint density at radius 3 is 2.62 bits per heavy atom. The maximum absolute atomic E-state index is 12.7. The standard InChI is InChI=1S/C17H25N3O/c1-18-15-8-5-11-20(12-15)16(13-6-3-2-4-7-13)17(21)19-14-9-10-14/h2-4,6-7,14-16,18H,5,8-12H2,1H3,(H,19,21). The smallest absolute Gasteiger partial charge is 0.242 e. The van der Waals surface area contributed by atoms with Gasteiger partial charge in [-0.25, -0.2) is 0 Å². The summed E-state index contributed by atoms with van der Waals surface area (Å²) in [6.45, 7) is 1.93. The molecule has 4 nitrogen and oxygen atoms in total. The van der Waals surface area contributed by atoms with E-state index in [0.29, 0.717) is 12.1 Å².